The minimum atomic E-state index is 0.785. The molecule has 0 radical (unpaired) electrons. The summed E-state index contributed by atoms with van der Waals surface area (Å²) >= 11 is 0. The van der Waals surface area contributed by atoms with Crippen LogP contribution in [0.15, 0.2) is 18.2 Å². The highest BCUT2D eigenvalue weighted by atomic mass is 15.4. The second-order valence-corrected chi connectivity index (χ2v) is 5.75. The molecule has 6 nitrogen and oxygen atoms in total. The van der Waals surface area contributed by atoms with Gasteiger partial charge in [-0.15, -0.1) is 5.10 Å². The van der Waals surface area contributed by atoms with Crippen LogP contribution in [0.2, 0.25) is 0 Å². The standard InChI is InChI=1S/C16H20N6/c1-3-12-4-5-14-13(10-12)15-18-11(2)20-22(15)16(19-14)21-8-6-17-7-9-21/h4-5,10,17H,3,6-9H2,1-2H3. The van der Waals surface area contributed by atoms with Gasteiger partial charge in [0, 0.05) is 31.6 Å². The number of piperazine rings is 1. The van der Waals surface area contributed by atoms with Gasteiger partial charge in [0.25, 0.3) is 0 Å². The molecule has 2 aromatic heterocycles. The monoisotopic (exact) mass is 296 g/mol. The van der Waals surface area contributed by atoms with Crippen molar-refractivity contribution in [1.82, 2.24) is 24.9 Å². The van der Waals surface area contributed by atoms with Gasteiger partial charge in [-0.3, -0.25) is 0 Å². The summed E-state index contributed by atoms with van der Waals surface area (Å²) in [5, 5.41) is 9.03. The largest absolute Gasteiger partial charge is 0.338 e. The molecule has 1 aliphatic rings. The molecule has 0 bridgehead atoms. The lowest BCUT2D eigenvalue weighted by molar-refractivity contribution is 0.575. The van der Waals surface area contributed by atoms with Gasteiger partial charge in [0.05, 0.1) is 5.52 Å². The van der Waals surface area contributed by atoms with E-state index in [1.807, 2.05) is 11.4 Å². The molecule has 1 aromatic carbocycles. The summed E-state index contributed by atoms with van der Waals surface area (Å²) in [4.78, 5) is 11.8. The van der Waals surface area contributed by atoms with Crippen LogP contribution in [0, 0.1) is 6.92 Å². The van der Waals surface area contributed by atoms with Crippen molar-refractivity contribution in [3.8, 4) is 0 Å². The zero-order valence-corrected chi connectivity index (χ0v) is 13.0. The quantitative estimate of drug-likeness (QED) is 0.777. The molecule has 114 valence electrons. The van der Waals surface area contributed by atoms with E-state index in [2.05, 4.69) is 45.4 Å². The van der Waals surface area contributed by atoms with E-state index in [0.717, 1.165) is 60.9 Å². The molecule has 0 aliphatic carbocycles. The molecule has 4 rings (SSSR count). The van der Waals surface area contributed by atoms with Crippen molar-refractivity contribution in [2.75, 3.05) is 31.1 Å². The second kappa shape index (κ2) is 5.21. The van der Waals surface area contributed by atoms with Crippen molar-refractivity contribution in [2.45, 2.75) is 20.3 Å². The van der Waals surface area contributed by atoms with E-state index in [9.17, 15) is 0 Å². The lowest BCUT2D eigenvalue weighted by Crippen LogP contribution is -2.44. The van der Waals surface area contributed by atoms with Crippen molar-refractivity contribution in [3.05, 3.63) is 29.6 Å². The van der Waals surface area contributed by atoms with Crippen LogP contribution in [0.25, 0.3) is 16.6 Å². The van der Waals surface area contributed by atoms with Crippen molar-refractivity contribution in [3.63, 3.8) is 0 Å². The van der Waals surface area contributed by atoms with Crippen LogP contribution in [0.5, 0.6) is 0 Å². The summed E-state index contributed by atoms with van der Waals surface area (Å²) in [5.74, 6) is 1.68. The maximum atomic E-state index is 4.87. The van der Waals surface area contributed by atoms with E-state index in [1.165, 1.54) is 5.56 Å². The zero-order valence-electron chi connectivity index (χ0n) is 13.0. The van der Waals surface area contributed by atoms with Crippen LogP contribution in [0.3, 0.4) is 0 Å². The first-order chi connectivity index (χ1) is 10.8. The van der Waals surface area contributed by atoms with Crippen LogP contribution < -0.4 is 10.2 Å². The first-order valence-electron chi connectivity index (χ1n) is 7.88. The summed E-state index contributed by atoms with van der Waals surface area (Å²) in [7, 11) is 0. The summed E-state index contributed by atoms with van der Waals surface area (Å²) < 4.78 is 1.91. The highest BCUT2D eigenvalue weighted by Crippen LogP contribution is 2.24. The first kappa shape index (κ1) is 13.5. The summed E-state index contributed by atoms with van der Waals surface area (Å²) in [5.41, 5.74) is 3.20. The average Bonchev–Trinajstić information content (AvgIpc) is 2.96. The number of hydrogen-bond donors (Lipinski definition) is 1. The Morgan fingerprint density at radius 2 is 2.00 bits per heavy atom. The fourth-order valence-electron chi connectivity index (χ4n) is 3.03. The fourth-order valence-corrected chi connectivity index (χ4v) is 3.03. The minimum Gasteiger partial charge on any atom is -0.338 e. The predicted molar refractivity (Wildman–Crippen MR) is 87.5 cm³/mol. The fraction of sp³-hybridized carbons (Fsp3) is 0.438. The Morgan fingerprint density at radius 1 is 1.18 bits per heavy atom. The Labute approximate surface area is 129 Å². The third-order valence-corrected chi connectivity index (χ3v) is 4.23. The van der Waals surface area contributed by atoms with Crippen LogP contribution in [0.1, 0.15) is 18.3 Å². The Morgan fingerprint density at radius 3 is 2.77 bits per heavy atom. The molecule has 1 fully saturated rings. The molecule has 0 saturated carbocycles. The number of anilines is 1. The molecule has 1 saturated heterocycles. The van der Waals surface area contributed by atoms with E-state index < -0.39 is 0 Å². The van der Waals surface area contributed by atoms with Crippen LogP contribution in [0.4, 0.5) is 5.95 Å². The van der Waals surface area contributed by atoms with Gasteiger partial charge in [-0.2, -0.15) is 4.52 Å². The van der Waals surface area contributed by atoms with Crippen LogP contribution >= 0.6 is 0 Å². The van der Waals surface area contributed by atoms with Gasteiger partial charge in [-0.1, -0.05) is 13.0 Å². The Hall–Kier alpha value is -2.21. The molecule has 3 heterocycles. The van der Waals surface area contributed by atoms with Gasteiger partial charge >= 0.3 is 0 Å². The van der Waals surface area contributed by atoms with Crippen molar-refractivity contribution < 1.29 is 0 Å². The van der Waals surface area contributed by atoms with Gasteiger partial charge in [-0.25, -0.2) is 9.97 Å². The molecule has 0 unspecified atom stereocenters. The summed E-state index contributed by atoms with van der Waals surface area (Å²) in [6, 6.07) is 6.44. The molecular formula is C16H20N6. The van der Waals surface area contributed by atoms with E-state index >= 15 is 0 Å². The average molecular weight is 296 g/mol. The van der Waals surface area contributed by atoms with Crippen molar-refractivity contribution in [2.24, 2.45) is 0 Å². The van der Waals surface area contributed by atoms with E-state index in [1.54, 1.807) is 0 Å². The lowest BCUT2D eigenvalue weighted by Gasteiger charge is -2.28. The highest BCUT2D eigenvalue weighted by molar-refractivity contribution is 5.92. The molecule has 3 aromatic rings. The van der Waals surface area contributed by atoms with Crippen molar-refractivity contribution >= 4 is 22.5 Å². The van der Waals surface area contributed by atoms with Gasteiger partial charge < -0.3 is 10.2 Å². The lowest BCUT2D eigenvalue weighted by atomic mass is 10.1. The van der Waals surface area contributed by atoms with Crippen LogP contribution in [-0.4, -0.2) is 45.8 Å². The second-order valence-electron chi connectivity index (χ2n) is 5.75. The first-order valence-corrected chi connectivity index (χ1v) is 7.88. The molecule has 0 spiro atoms. The highest BCUT2D eigenvalue weighted by Gasteiger charge is 2.19. The molecule has 1 N–H and O–H groups in total. The van der Waals surface area contributed by atoms with Gasteiger partial charge in [-0.05, 0) is 31.0 Å². The summed E-state index contributed by atoms with van der Waals surface area (Å²) in [6.45, 7) is 7.94. The van der Waals surface area contributed by atoms with E-state index in [-0.39, 0.29) is 0 Å². The van der Waals surface area contributed by atoms with Crippen molar-refractivity contribution in [1.29, 1.82) is 0 Å². The topological polar surface area (TPSA) is 58.4 Å². The normalized spacial score (nSPS) is 15.8. The predicted octanol–water partition coefficient (Wildman–Crippen LogP) is 1.56. The molecular weight excluding hydrogens is 276 g/mol. The van der Waals surface area contributed by atoms with Crippen LogP contribution in [-0.2, 0) is 6.42 Å². The van der Waals surface area contributed by atoms with Gasteiger partial charge in [0.2, 0.25) is 5.95 Å². The minimum absolute atomic E-state index is 0.785. The number of fused-ring (bicyclic) bond motifs is 3. The Kier molecular flexibility index (Phi) is 3.18. The molecule has 6 heteroatoms. The maximum Gasteiger partial charge on any atom is 0.229 e. The number of nitrogens with one attached hydrogen (secondary N) is 1. The van der Waals surface area contributed by atoms with E-state index in [4.69, 9.17) is 4.98 Å². The molecule has 1 aliphatic heterocycles. The van der Waals surface area contributed by atoms with Gasteiger partial charge in [0.15, 0.2) is 5.65 Å². The Bertz CT molecular complexity index is 831. The molecule has 0 atom stereocenters. The maximum absolute atomic E-state index is 4.87. The van der Waals surface area contributed by atoms with E-state index in [0.29, 0.717) is 0 Å². The number of aryl methyl sites for hydroxylation is 2. The number of benzene rings is 1. The third kappa shape index (κ3) is 2.11. The molecule has 22 heavy (non-hydrogen) atoms. The number of hydrogen-bond acceptors (Lipinski definition) is 5. The zero-order chi connectivity index (χ0) is 15.1. The summed E-state index contributed by atoms with van der Waals surface area (Å²) in [6.07, 6.45) is 1.01. The third-order valence-electron chi connectivity index (χ3n) is 4.23. The SMILES string of the molecule is CCc1ccc2nc(N3CCNCC3)n3nc(C)nc3c2c1. The number of nitrogens with zero attached hydrogens (tertiary/aromatic N) is 5. The smallest absolute Gasteiger partial charge is 0.229 e. The number of rotatable bonds is 2. The number of aromatic nitrogens is 4. The molecule has 0 amide bonds. The van der Waals surface area contributed by atoms with Gasteiger partial charge in [0.1, 0.15) is 5.82 Å². The Balaban J connectivity index is 1.99.